The molecule has 4 nitrogen and oxygen atoms in total. The zero-order valence-corrected chi connectivity index (χ0v) is 13.6. The molecule has 2 aromatic carbocycles. The summed E-state index contributed by atoms with van der Waals surface area (Å²) in [5.41, 5.74) is 2.34. The zero-order valence-electron chi connectivity index (χ0n) is 13.6. The first-order valence-electron chi connectivity index (χ1n) is 8.12. The fourth-order valence-electron chi connectivity index (χ4n) is 2.88. The van der Waals surface area contributed by atoms with E-state index in [2.05, 4.69) is 28.4 Å². The minimum atomic E-state index is 0.550. The Kier molecular flexibility index (Phi) is 5.51. The van der Waals surface area contributed by atoms with E-state index < -0.39 is 0 Å². The maximum Gasteiger partial charge on any atom is 0.165 e. The van der Waals surface area contributed by atoms with Gasteiger partial charge in [-0.1, -0.05) is 42.5 Å². The normalized spacial score (nSPS) is 15.3. The molecule has 4 heteroatoms. The molecule has 0 bridgehead atoms. The number of methoxy groups -OCH3 is 1. The van der Waals surface area contributed by atoms with Crippen LogP contribution in [0.5, 0.6) is 11.5 Å². The number of para-hydroxylation sites is 1. The lowest BCUT2D eigenvalue weighted by atomic mass is 10.1. The molecule has 23 heavy (non-hydrogen) atoms. The van der Waals surface area contributed by atoms with Crippen molar-refractivity contribution in [1.82, 2.24) is 10.2 Å². The maximum absolute atomic E-state index is 5.99. The third-order valence-electron chi connectivity index (χ3n) is 4.11. The second kappa shape index (κ2) is 7.99. The van der Waals surface area contributed by atoms with Crippen LogP contribution in [-0.4, -0.2) is 38.2 Å². The van der Waals surface area contributed by atoms with E-state index in [-0.39, 0.29) is 0 Å². The van der Waals surface area contributed by atoms with Gasteiger partial charge in [-0.15, -0.1) is 0 Å². The van der Waals surface area contributed by atoms with Crippen LogP contribution in [0.4, 0.5) is 0 Å². The molecule has 1 aliphatic heterocycles. The number of hydrogen-bond acceptors (Lipinski definition) is 4. The molecule has 0 unspecified atom stereocenters. The molecule has 1 aliphatic rings. The molecule has 0 aliphatic carbocycles. The fraction of sp³-hybridized carbons (Fsp3) is 0.368. The molecule has 0 amide bonds. The van der Waals surface area contributed by atoms with Crippen LogP contribution in [-0.2, 0) is 13.2 Å². The lowest BCUT2D eigenvalue weighted by Crippen LogP contribution is -2.42. The molecule has 3 rings (SSSR count). The number of nitrogens with one attached hydrogen (secondary N) is 1. The molecule has 0 radical (unpaired) electrons. The van der Waals surface area contributed by atoms with Crippen LogP contribution in [0.25, 0.3) is 0 Å². The first kappa shape index (κ1) is 15.8. The Bertz CT molecular complexity index is 610. The second-order valence-corrected chi connectivity index (χ2v) is 5.75. The number of rotatable bonds is 6. The van der Waals surface area contributed by atoms with Gasteiger partial charge in [0, 0.05) is 38.3 Å². The van der Waals surface area contributed by atoms with Crippen molar-refractivity contribution in [2.24, 2.45) is 0 Å². The molecule has 1 N–H and O–H groups in total. The quantitative estimate of drug-likeness (QED) is 0.889. The van der Waals surface area contributed by atoms with E-state index in [1.807, 2.05) is 30.3 Å². The van der Waals surface area contributed by atoms with Crippen LogP contribution in [0, 0.1) is 0 Å². The Morgan fingerprint density at radius 1 is 1.00 bits per heavy atom. The fourth-order valence-corrected chi connectivity index (χ4v) is 2.88. The van der Waals surface area contributed by atoms with Crippen molar-refractivity contribution in [3.05, 3.63) is 59.7 Å². The number of piperazine rings is 1. The van der Waals surface area contributed by atoms with Crippen LogP contribution in [0.1, 0.15) is 11.1 Å². The van der Waals surface area contributed by atoms with Gasteiger partial charge in [-0.25, -0.2) is 0 Å². The third-order valence-corrected chi connectivity index (χ3v) is 4.11. The molecule has 2 aromatic rings. The van der Waals surface area contributed by atoms with Gasteiger partial charge in [0.2, 0.25) is 0 Å². The van der Waals surface area contributed by atoms with E-state index >= 15 is 0 Å². The number of nitrogens with zero attached hydrogens (tertiary/aromatic N) is 1. The number of benzene rings is 2. The van der Waals surface area contributed by atoms with Gasteiger partial charge in [-0.05, 0) is 11.6 Å². The lowest BCUT2D eigenvalue weighted by Gasteiger charge is -2.28. The van der Waals surface area contributed by atoms with Gasteiger partial charge < -0.3 is 14.8 Å². The Balaban J connectivity index is 1.71. The van der Waals surface area contributed by atoms with Crippen molar-refractivity contribution in [3.63, 3.8) is 0 Å². The summed E-state index contributed by atoms with van der Waals surface area (Å²) >= 11 is 0. The van der Waals surface area contributed by atoms with Crippen molar-refractivity contribution in [3.8, 4) is 11.5 Å². The highest BCUT2D eigenvalue weighted by Gasteiger charge is 2.15. The summed E-state index contributed by atoms with van der Waals surface area (Å²) in [6.45, 7) is 5.68. The molecule has 122 valence electrons. The smallest absolute Gasteiger partial charge is 0.165 e. The first-order chi connectivity index (χ1) is 11.4. The predicted molar refractivity (Wildman–Crippen MR) is 91.9 cm³/mol. The third kappa shape index (κ3) is 4.24. The van der Waals surface area contributed by atoms with Crippen LogP contribution in [0.15, 0.2) is 48.5 Å². The highest BCUT2D eigenvalue weighted by Crippen LogP contribution is 2.32. The zero-order chi connectivity index (χ0) is 15.9. The van der Waals surface area contributed by atoms with E-state index in [0.29, 0.717) is 6.61 Å². The van der Waals surface area contributed by atoms with Crippen molar-refractivity contribution >= 4 is 0 Å². The minimum absolute atomic E-state index is 0.550. The molecule has 0 aromatic heterocycles. The highest BCUT2D eigenvalue weighted by atomic mass is 16.5. The van der Waals surface area contributed by atoms with Gasteiger partial charge in [0.05, 0.1) is 7.11 Å². The van der Waals surface area contributed by atoms with Gasteiger partial charge in [0.1, 0.15) is 6.61 Å². The summed E-state index contributed by atoms with van der Waals surface area (Å²) < 4.78 is 11.6. The topological polar surface area (TPSA) is 33.7 Å². The minimum Gasteiger partial charge on any atom is -0.493 e. The van der Waals surface area contributed by atoms with E-state index in [1.54, 1.807) is 7.11 Å². The number of hydrogen-bond donors (Lipinski definition) is 1. The second-order valence-electron chi connectivity index (χ2n) is 5.75. The summed E-state index contributed by atoms with van der Waals surface area (Å²) in [4.78, 5) is 2.44. The molecule has 1 fully saturated rings. The molecule has 1 saturated heterocycles. The summed E-state index contributed by atoms with van der Waals surface area (Å²) in [6.07, 6.45) is 0. The number of ether oxygens (including phenoxy) is 2. The van der Waals surface area contributed by atoms with Crippen LogP contribution in [0.2, 0.25) is 0 Å². The first-order valence-corrected chi connectivity index (χ1v) is 8.12. The van der Waals surface area contributed by atoms with E-state index in [1.165, 1.54) is 5.56 Å². The van der Waals surface area contributed by atoms with Crippen molar-refractivity contribution in [2.45, 2.75) is 13.2 Å². The Morgan fingerprint density at radius 2 is 1.78 bits per heavy atom. The average molecular weight is 312 g/mol. The summed E-state index contributed by atoms with van der Waals surface area (Å²) in [7, 11) is 1.71. The molecule has 0 atom stereocenters. The van der Waals surface area contributed by atoms with Gasteiger partial charge in [0.25, 0.3) is 0 Å². The molecule has 0 spiro atoms. The molecular weight excluding hydrogens is 288 g/mol. The SMILES string of the molecule is COc1c(CN2CCNCC2)cccc1OCc1ccccc1. The largest absolute Gasteiger partial charge is 0.493 e. The van der Waals surface area contributed by atoms with E-state index in [0.717, 1.165) is 49.8 Å². The Morgan fingerprint density at radius 3 is 2.52 bits per heavy atom. The Hall–Kier alpha value is -2.04. The highest BCUT2D eigenvalue weighted by molar-refractivity contribution is 5.46. The van der Waals surface area contributed by atoms with Crippen LogP contribution in [0.3, 0.4) is 0 Å². The van der Waals surface area contributed by atoms with Crippen molar-refractivity contribution in [2.75, 3.05) is 33.3 Å². The predicted octanol–water partition coefficient (Wildman–Crippen LogP) is 2.68. The summed E-state index contributed by atoms with van der Waals surface area (Å²) in [5.74, 6) is 1.66. The van der Waals surface area contributed by atoms with Crippen LogP contribution < -0.4 is 14.8 Å². The van der Waals surface area contributed by atoms with E-state index in [9.17, 15) is 0 Å². The lowest BCUT2D eigenvalue weighted by molar-refractivity contribution is 0.227. The van der Waals surface area contributed by atoms with Crippen LogP contribution >= 0.6 is 0 Å². The van der Waals surface area contributed by atoms with Gasteiger partial charge >= 0.3 is 0 Å². The van der Waals surface area contributed by atoms with E-state index in [4.69, 9.17) is 9.47 Å². The molecular formula is C19H24N2O2. The average Bonchev–Trinajstić information content (AvgIpc) is 2.62. The molecule has 1 heterocycles. The van der Waals surface area contributed by atoms with Gasteiger partial charge in [-0.2, -0.15) is 0 Å². The summed E-state index contributed by atoms with van der Waals surface area (Å²) in [6, 6.07) is 16.3. The van der Waals surface area contributed by atoms with Gasteiger partial charge in [0.15, 0.2) is 11.5 Å². The maximum atomic E-state index is 5.99. The van der Waals surface area contributed by atoms with Crippen molar-refractivity contribution < 1.29 is 9.47 Å². The molecule has 0 saturated carbocycles. The Labute approximate surface area is 138 Å². The monoisotopic (exact) mass is 312 g/mol. The van der Waals surface area contributed by atoms with Crippen molar-refractivity contribution in [1.29, 1.82) is 0 Å². The summed E-state index contributed by atoms with van der Waals surface area (Å²) in [5, 5.41) is 3.38. The van der Waals surface area contributed by atoms with Gasteiger partial charge in [-0.3, -0.25) is 4.90 Å². The standard InChI is InChI=1S/C19H24N2O2/c1-22-19-17(14-21-12-10-20-11-13-21)8-5-9-18(19)23-15-16-6-3-2-4-7-16/h2-9,20H,10-15H2,1H3.